The molecule has 0 aromatic heterocycles. The largest absolute Gasteiger partial charge is 0.350 e. The van der Waals surface area contributed by atoms with Crippen LogP contribution >= 0.6 is 11.6 Å². The zero-order valence-corrected chi connectivity index (χ0v) is 20.4. The maximum absolute atomic E-state index is 12.8. The van der Waals surface area contributed by atoms with Gasteiger partial charge >= 0.3 is 0 Å². The first kappa shape index (κ1) is 24.5. The van der Waals surface area contributed by atoms with Crippen molar-refractivity contribution in [1.29, 1.82) is 0 Å². The summed E-state index contributed by atoms with van der Waals surface area (Å²) in [5, 5.41) is 3.76. The normalized spacial score (nSPS) is 19.0. The first-order chi connectivity index (χ1) is 16.6. The van der Waals surface area contributed by atoms with E-state index in [1.165, 1.54) is 29.7 Å². The van der Waals surface area contributed by atoms with Crippen LogP contribution in [-0.2, 0) is 9.59 Å². The van der Waals surface area contributed by atoms with Gasteiger partial charge in [0.25, 0.3) is 0 Å². The number of nitrogens with one attached hydrogen (secondary N) is 1. The minimum atomic E-state index is -0.163. The molecule has 0 bridgehead atoms. The molecular formula is C28H34ClN3O2. The molecule has 1 heterocycles. The van der Waals surface area contributed by atoms with Crippen molar-refractivity contribution >= 4 is 23.4 Å². The van der Waals surface area contributed by atoms with Crippen molar-refractivity contribution in [2.24, 2.45) is 0 Å². The van der Waals surface area contributed by atoms with E-state index in [1.54, 1.807) is 0 Å². The molecule has 2 amide bonds. The van der Waals surface area contributed by atoms with Crippen LogP contribution in [0.3, 0.4) is 0 Å². The van der Waals surface area contributed by atoms with Crippen LogP contribution in [0.1, 0.15) is 55.7 Å². The van der Waals surface area contributed by atoms with Crippen LogP contribution in [0.4, 0.5) is 0 Å². The van der Waals surface area contributed by atoms with Crippen LogP contribution in [0.2, 0.25) is 5.02 Å². The van der Waals surface area contributed by atoms with Crippen molar-refractivity contribution < 1.29 is 9.59 Å². The lowest BCUT2D eigenvalue weighted by Gasteiger charge is -2.31. The van der Waals surface area contributed by atoms with Crippen LogP contribution in [0.15, 0.2) is 66.7 Å². The van der Waals surface area contributed by atoms with E-state index in [4.69, 9.17) is 11.6 Å². The summed E-state index contributed by atoms with van der Waals surface area (Å²) in [5.74, 6) is -0.257. The molecule has 1 aliphatic carbocycles. The third-order valence-electron chi connectivity index (χ3n) is 6.84. The maximum atomic E-state index is 12.8. The van der Waals surface area contributed by atoms with Crippen molar-refractivity contribution in [2.45, 2.75) is 50.6 Å². The molecule has 0 radical (unpaired) electrons. The van der Waals surface area contributed by atoms with Crippen molar-refractivity contribution in [3.05, 3.63) is 82.9 Å². The number of carbonyl (C=O) groups excluding carboxylic acids is 2. The summed E-state index contributed by atoms with van der Waals surface area (Å²) in [5.41, 5.74) is 2.42. The average molecular weight is 480 g/mol. The summed E-state index contributed by atoms with van der Waals surface area (Å²) in [7, 11) is 0. The van der Waals surface area contributed by atoms with Gasteiger partial charge < -0.3 is 10.2 Å². The number of nitrogens with zero attached hydrogens (tertiary/aromatic N) is 2. The Kier molecular flexibility index (Phi) is 8.78. The van der Waals surface area contributed by atoms with E-state index in [2.05, 4.69) is 46.6 Å². The third kappa shape index (κ3) is 6.71. The van der Waals surface area contributed by atoms with Gasteiger partial charge in [0.15, 0.2) is 0 Å². The van der Waals surface area contributed by atoms with E-state index in [-0.39, 0.29) is 23.9 Å². The Hall–Kier alpha value is -2.63. The summed E-state index contributed by atoms with van der Waals surface area (Å²) in [6.07, 6.45) is 9.36. The smallest absolute Gasteiger partial charge is 0.246 e. The molecule has 1 unspecified atom stereocenters. The minimum Gasteiger partial charge on any atom is -0.350 e. The quantitative estimate of drug-likeness (QED) is 0.595. The Bertz CT molecular complexity index is 971. The van der Waals surface area contributed by atoms with Crippen LogP contribution in [0, 0.1) is 0 Å². The lowest BCUT2D eigenvalue weighted by Crippen LogP contribution is -2.37. The standard InChI is InChI=1S/C28H34ClN3O2/c29-24-14-12-23(13-15-24)28(22-8-3-1-4-9-22)32-19-7-18-31(20-21-32)27(34)17-16-26(33)30-25-10-5-2-6-11-25/h1,3-4,8-9,12-17,25,28H,2,5-7,10-11,18-21H2,(H,30,33)/b17-16-. The van der Waals surface area contributed by atoms with Crippen LogP contribution in [-0.4, -0.2) is 53.8 Å². The highest BCUT2D eigenvalue weighted by atomic mass is 35.5. The molecule has 1 atom stereocenters. The molecule has 34 heavy (non-hydrogen) atoms. The number of rotatable bonds is 6. The second-order valence-electron chi connectivity index (χ2n) is 9.26. The molecule has 1 saturated carbocycles. The molecule has 180 valence electrons. The second kappa shape index (κ2) is 12.2. The Labute approximate surface area is 207 Å². The first-order valence-corrected chi connectivity index (χ1v) is 12.8. The first-order valence-electron chi connectivity index (χ1n) is 12.4. The summed E-state index contributed by atoms with van der Waals surface area (Å²) < 4.78 is 0. The van der Waals surface area contributed by atoms with Gasteiger partial charge in [-0.15, -0.1) is 0 Å². The topological polar surface area (TPSA) is 52.7 Å². The Morgan fingerprint density at radius 3 is 2.26 bits per heavy atom. The van der Waals surface area contributed by atoms with Gasteiger partial charge in [0.2, 0.25) is 11.8 Å². The van der Waals surface area contributed by atoms with Gasteiger partial charge in [0, 0.05) is 49.4 Å². The molecule has 1 aliphatic heterocycles. The predicted molar refractivity (Wildman–Crippen MR) is 137 cm³/mol. The number of carbonyl (C=O) groups is 2. The van der Waals surface area contributed by atoms with Gasteiger partial charge in [-0.3, -0.25) is 14.5 Å². The average Bonchev–Trinajstić information content (AvgIpc) is 3.12. The Morgan fingerprint density at radius 1 is 0.824 bits per heavy atom. The highest BCUT2D eigenvalue weighted by Crippen LogP contribution is 2.30. The van der Waals surface area contributed by atoms with Crippen molar-refractivity contribution in [2.75, 3.05) is 26.2 Å². The van der Waals surface area contributed by atoms with Gasteiger partial charge in [-0.25, -0.2) is 0 Å². The van der Waals surface area contributed by atoms with Crippen molar-refractivity contribution in [3.63, 3.8) is 0 Å². The van der Waals surface area contributed by atoms with Crippen LogP contribution < -0.4 is 5.32 Å². The van der Waals surface area contributed by atoms with E-state index in [1.807, 2.05) is 23.1 Å². The Balaban J connectivity index is 1.39. The fraction of sp³-hybridized carbons (Fsp3) is 0.429. The van der Waals surface area contributed by atoms with E-state index in [0.29, 0.717) is 13.1 Å². The molecule has 2 aromatic rings. The van der Waals surface area contributed by atoms with E-state index >= 15 is 0 Å². The maximum Gasteiger partial charge on any atom is 0.246 e. The van der Waals surface area contributed by atoms with E-state index in [0.717, 1.165) is 50.2 Å². The second-order valence-corrected chi connectivity index (χ2v) is 9.69. The molecule has 5 nitrogen and oxygen atoms in total. The molecule has 1 saturated heterocycles. The van der Waals surface area contributed by atoms with E-state index in [9.17, 15) is 9.59 Å². The molecule has 6 heteroatoms. The molecule has 2 fully saturated rings. The van der Waals surface area contributed by atoms with Gasteiger partial charge in [0.1, 0.15) is 0 Å². The lowest BCUT2D eigenvalue weighted by atomic mass is 9.95. The molecule has 4 rings (SSSR count). The zero-order valence-electron chi connectivity index (χ0n) is 19.7. The van der Waals surface area contributed by atoms with Gasteiger partial charge in [-0.1, -0.05) is 73.3 Å². The monoisotopic (exact) mass is 479 g/mol. The summed E-state index contributed by atoms with van der Waals surface area (Å²) in [6.45, 7) is 2.96. The lowest BCUT2D eigenvalue weighted by molar-refractivity contribution is -0.126. The van der Waals surface area contributed by atoms with Gasteiger partial charge in [0.05, 0.1) is 6.04 Å². The number of halogens is 1. The summed E-state index contributed by atoms with van der Waals surface area (Å²) in [6, 6.07) is 18.9. The molecule has 0 spiro atoms. The van der Waals surface area contributed by atoms with Gasteiger partial charge in [-0.05, 0) is 42.5 Å². The minimum absolute atomic E-state index is 0.0941. The highest BCUT2D eigenvalue weighted by Gasteiger charge is 2.26. The molecule has 1 N–H and O–H groups in total. The molecule has 2 aromatic carbocycles. The fourth-order valence-electron chi connectivity index (χ4n) is 5.06. The van der Waals surface area contributed by atoms with Gasteiger partial charge in [-0.2, -0.15) is 0 Å². The fourth-order valence-corrected chi connectivity index (χ4v) is 5.19. The SMILES string of the molecule is O=C(/C=C\C(=O)N1CCCN(C(c2ccccc2)c2ccc(Cl)cc2)CC1)NC1CCCCC1. The number of benzene rings is 2. The van der Waals surface area contributed by atoms with Crippen molar-refractivity contribution in [3.8, 4) is 0 Å². The summed E-state index contributed by atoms with van der Waals surface area (Å²) in [4.78, 5) is 29.4. The molecule has 2 aliphatic rings. The molecular weight excluding hydrogens is 446 g/mol. The predicted octanol–water partition coefficient (Wildman–Crippen LogP) is 4.97. The number of amides is 2. The number of hydrogen-bond donors (Lipinski definition) is 1. The van der Waals surface area contributed by atoms with Crippen LogP contribution in [0.25, 0.3) is 0 Å². The van der Waals surface area contributed by atoms with Crippen LogP contribution in [0.5, 0.6) is 0 Å². The zero-order chi connectivity index (χ0) is 23.8. The Morgan fingerprint density at radius 2 is 1.53 bits per heavy atom. The number of hydrogen-bond acceptors (Lipinski definition) is 3. The van der Waals surface area contributed by atoms with E-state index < -0.39 is 0 Å². The highest BCUT2D eigenvalue weighted by molar-refractivity contribution is 6.30. The van der Waals surface area contributed by atoms with Crippen molar-refractivity contribution in [1.82, 2.24) is 15.1 Å². The summed E-state index contributed by atoms with van der Waals surface area (Å²) >= 11 is 6.14. The third-order valence-corrected chi connectivity index (χ3v) is 7.09.